The van der Waals surface area contributed by atoms with Crippen molar-refractivity contribution in [2.75, 3.05) is 6.54 Å². The number of hydrogen-bond acceptors (Lipinski definition) is 5. The third-order valence-electron chi connectivity index (χ3n) is 3.21. The van der Waals surface area contributed by atoms with Gasteiger partial charge in [-0.25, -0.2) is 4.98 Å². The molecule has 0 atom stereocenters. The second-order valence-corrected chi connectivity index (χ2v) is 4.66. The summed E-state index contributed by atoms with van der Waals surface area (Å²) >= 11 is 0. The molecule has 96 valence electrons. The fourth-order valence-corrected chi connectivity index (χ4v) is 2.10. The Kier molecular flexibility index (Phi) is 2.67. The number of aryl methyl sites for hydroxylation is 1. The van der Waals surface area contributed by atoms with Crippen LogP contribution < -0.4 is 5.32 Å². The number of aromatic nitrogens is 2. The minimum Gasteiger partial charge on any atom is -0.339 e. The molecule has 0 bridgehead atoms. The van der Waals surface area contributed by atoms with E-state index in [1.165, 1.54) is 0 Å². The normalized spacial score (nSPS) is 14.3. The lowest BCUT2D eigenvalue weighted by molar-refractivity contribution is 0.0960. The Labute approximate surface area is 109 Å². The quantitative estimate of drug-likeness (QED) is 0.843. The molecule has 2 aromatic rings. The molecule has 3 rings (SSSR count). The van der Waals surface area contributed by atoms with Crippen LogP contribution in [-0.2, 0) is 0 Å². The third kappa shape index (κ3) is 2.03. The topological polar surface area (TPSA) is 91.8 Å². The van der Waals surface area contributed by atoms with Crippen molar-refractivity contribution in [2.45, 2.75) is 25.7 Å². The van der Waals surface area contributed by atoms with E-state index >= 15 is 0 Å². The molecule has 19 heavy (non-hydrogen) atoms. The Hall–Kier alpha value is -2.42. The van der Waals surface area contributed by atoms with E-state index in [2.05, 4.69) is 15.5 Å². The monoisotopic (exact) mass is 256 g/mol. The molecule has 0 unspecified atom stereocenters. The molecule has 1 aliphatic rings. The molecule has 0 spiro atoms. The number of fused-ring (bicyclic) bond motifs is 1. The van der Waals surface area contributed by atoms with E-state index in [0.717, 1.165) is 18.5 Å². The van der Waals surface area contributed by atoms with Crippen molar-refractivity contribution in [1.29, 1.82) is 5.26 Å². The van der Waals surface area contributed by atoms with Crippen LogP contribution >= 0.6 is 0 Å². The second-order valence-electron chi connectivity index (χ2n) is 4.66. The Morgan fingerprint density at radius 3 is 3.11 bits per heavy atom. The van der Waals surface area contributed by atoms with Gasteiger partial charge in [-0.2, -0.15) is 5.26 Å². The van der Waals surface area contributed by atoms with E-state index < -0.39 is 0 Å². The summed E-state index contributed by atoms with van der Waals surface area (Å²) in [5, 5.41) is 15.6. The molecular weight excluding hydrogens is 244 g/mol. The van der Waals surface area contributed by atoms with Crippen LogP contribution in [0.15, 0.2) is 10.6 Å². The van der Waals surface area contributed by atoms with Crippen molar-refractivity contribution in [2.24, 2.45) is 0 Å². The van der Waals surface area contributed by atoms with Crippen molar-refractivity contribution in [1.82, 2.24) is 15.5 Å². The van der Waals surface area contributed by atoms with Gasteiger partial charge in [0.05, 0.1) is 22.7 Å². The van der Waals surface area contributed by atoms with E-state index in [4.69, 9.17) is 9.78 Å². The zero-order chi connectivity index (χ0) is 13.4. The average Bonchev–Trinajstić information content (AvgIpc) is 3.20. The maximum atomic E-state index is 12.1. The lowest BCUT2D eigenvalue weighted by Gasteiger charge is -2.05. The minimum atomic E-state index is -0.290. The molecule has 0 aliphatic heterocycles. The molecule has 1 fully saturated rings. The molecule has 1 aliphatic carbocycles. The van der Waals surface area contributed by atoms with Crippen LogP contribution in [0.1, 0.15) is 40.5 Å². The second kappa shape index (κ2) is 4.35. The third-order valence-corrected chi connectivity index (χ3v) is 3.21. The van der Waals surface area contributed by atoms with Gasteiger partial charge in [0.15, 0.2) is 0 Å². The van der Waals surface area contributed by atoms with Crippen LogP contribution in [0.3, 0.4) is 0 Å². The molecule has 0 radical (unpaired) electrons. The molecule has 1 N–H and O–H groups in total. The van der Waals surface area contributed by atoms with Crippen LogP contribution in [0.25, 0.3) is 11.1 Å². The van der Waals surface area contributed by atoms with E-state index in [1.54, 1.807) is 13.0 Å². The summed E-state index contributed by atoms with van der Waals surface area (Å²) in [5.41, 5.74) is 2.38. The summed E-state index contributed by atoms with van der Waals surface area (Å²) in [7, 11) is 0. The lowest BCUT2D eigenvalue weighted by Crippen LogP contribution is -2.24. The fourth-order valence-electron chi connectivity index (χ4n) is 2.10. The molecule has 6 heteroatoms. The predicted octanol–water partition coefficient (Wildman–Crippen LogP) is 1.66. The Balaban J connectivity index is 2.11. The van der Waals surface area contributed by atoms with Crippen LogP contribution in [0.5, 0.6) is 0 Å². The number of nitrogens with zero attached hydrogens (tertiary/aromatic N) is 3. The SMILES string of the molecule is Cc1noc2nc(C3CC3)cc(C(=O)NCC#N)c12. The number of rotatable bonds is 3. The number of amides is 1. The average molecular weight is 256 g/mol. The number of nitrogens with one attached hydrogen (secondary N) is 1. The number of carbonyl (C=O) groups excluding carboxylic acids is 1. The van der Waals surface area contributed by atoms with Gasteiger partial charge in [0.2, 0.25) is 0 Å². The number of carbonyl (C=O) groups is 1. The van der Waals surface area contributed by atoms with Crippen LogP contribution in [0, 0.1) is 18.3 Å². The fraction of sp³-hybridized carbons (Fsp3) is 0.385. The van der Waals surface area contributed by atoms with Crippen LogP contribution in [0.4, 0.5) is 0 Å². The number of pyridine rings is 1. The molecule has 1 saturated carbocycles. The molecule has 6 nitrogen and oxygen atoms in total. The van der Waals surface area contributed by atoms with E-state index in [1.807, 2.05) is 6.07 Å². The first kappa shape index (κ1) is 11.7. The summed E-state index contributed by atoms with van der Waals surface area (Å²) < 4.78 is 5.16. The zero-order valence-electron chi connectivity index (χ0n) is 10.4. The first-order valence-electron chi connectivity index (χ1n) is 6.12. The van der Waals surface area contributed by atoms with Gasteiger partial charge in [-0.15, -0.1) is 0 Å². The molecule has 1 amide bonds. The van der Waals surface area contributed by atoms with Gasteiger partial charge in [0.25, 0.3) is 11.6 Å². The minimum absolute atomic E-state index is 0.0221. The standard InChI is InChI=1S/C13H12N4O2/c1-7-11-9(12(18)15-5-4-14)6-10(8-2-3-8)16-13(11)19-17-7/h6,8H,2-3,5H2,1H3,(H,15,18). The van der Waals surface area contributed by atoms with Gasteiger partial charge in [-0.3, -0.25) is 4.79 Å². The van der Waals surface area contributed by atoms with Gasteiger partial charge in [-0.1, -0.05) is 5.16 Å². The summed E-state index contributed by atoms with van der Waals surface area (Å²) in [6.45, 7) is 1.75. The largest absolute Gasteiger partial charge is 0.339 e. The van der Waals surface area contributed by atoms with Crippen molar-refractivity contribution >= 4 is 17.0 Å². The van der Waals surface area contributed by atoms with Crippen molar-refractivity contribution in [3.05, 3.63) is 23.0 Å². The molecular formula is C13H12N4O2. The zero-order valence-corrected chi connectivity index (χ0v) is 10.4. The van der Waals surface area contributed by atoms with Gasteiger partial charge in [-0.05, 0) is 25.8 Å². The van der Waals surface area contributed by atoms with Gasteiger partial charge in [0, 0.05) is 11.6 Å². The molecule has 2 aromatic heterocycles. The Morgan fingerprint density at radius 2 is 2.42 bits per heavy atom. The van der Waals surface area contributed by atoms with Gasteiger partial charge >= 0.3 is 0 Å². The summed E-state index contributed by atoms with van der Waals surface area (Å²) in [5.74, 6) is 0.125. The maximum absolute atomic E-state index is 12.1. The highest BCUT2D eigenvalue weighted by molar-refractivity contribution is 6.06. The Morgan fingerprint density at radius 1 is 1.63 bits per heavy atom. The Bertz CT molecular complexity index is 694. The van der Waals surface area contributed by atoms with Crippen molar-refractivity contribution in [3.8, 4) is 6.07 Å². The first-order chi connectivity index (χ1) is 9.20. The summed E-state index contributed by atoms with van der Waals surface area (Å²) in [4.78, 5) is 16.5. The van der Waals surface area contributed by atoms with Crippen LogP contribution in [-0.4, -0.2) is 22.6 Å². The summed E-state index contributed by atoms with van der Waals surface area (Å²) in [6.07, 6.45) is 2.18. The van der Waals surface area contributed by atoms with E-state index in [-0.39, 0.29) is 12.5 Å². The highest BCUT2D eigenvalue weighted by Gasteiger charge is 2.28. The van der Waals surface area contributed by atoms with Crippen LogP contribution in [0.2, 0.25) is 0 Å². The van der Waals surface area contributed by atoms with E-state index in [0.29, 0.717) is 28.3 Å². The van der Waals surface area contributed by atoms with Gasteiger partial charge < -0.3 is 9.84 Å². The number of hydrogen-bond donors (Lipinski definition) is 1. The molecule has 0 aromatic carbocycles. The first-order valence-corrected chi connectivity index (χ1v) is 6.12. The highest BCUT2D eigenvalue weighted by Crippen LogP contribution is 2.40. The lowest BCUT2D eigenvalue weighted by atomic mass is 10.1. The smallest absolute Gasteiger partial charge is 0.259 e. The highest BCUT2D eigenvalue weighted by atomic mass is 16.5. The van der Waals surface area contributed by atoms with E-state index in [9.17, 15) is 4.79 Å². The predicted molar refractivity (Wildman–Crippen MR) is 66.5 cm³/mol. The molecule has 2 heterocycles. The maximum Gasteiger partial charge on any atom is 0.259 e. The molecule has 0 saturated heterocycles. The van der Waals surface area contributed by atoms with Gasteiger partial charge in [0.1, 0.15) is 6.54 Å². The summed E-state index contributed by atoms with van der Waals surface area (Å²) in [6, 6.07) is 3.68. The van der Waals surface area contributed by atoms with Crippen molar-refractivity contribution < 1.29 is 9.32 Å². The number of nitriles is 1. The van der Waals surface area contributed by atoms with Crippen molar-refractivity contribution in [3.63, 3.8) is 0 Å².